The van der Waals surface area contributed by atoms with Gasteiger partial charge in [-0.25, -0.2) is 4.79 Å². The Labute approximate surface area is 177 Å². The maximum absolute atomic E-state index is 13.2. The summed E-state index contributed by atoms with van der Waals surface area (Å²) in [6.45, 7) is 0. The van der Waals surface area contributed by atoms with Crippen LogP contribution in [-0.2, 0) is 11.0 Å². The summed E-state index contributed by atoms with van der Waals surface area (Å²) >= 11 is 0. The molecule has 0 atom stereocenters. The lowest BCUT2D eigenvalue weighted by molar-refractivity contribution is -0.274. The minimum Gasteiger partial charge on any atom is -0.478 e. The summed E-state index contributed by atoms with van der Waals surface area (Å²) in [5.41, 5.74) is 0.0000978. The van der Waals surface area contributed by atoms with Gasteiger partial charge >= 0.3 is 18.5 Å². The molecule has 0 aliphatic heterocycles. The number of hydrogen-bond donors (Lipinski definition) is 1. The van der Waals surface area contributed by atoms with Crippen molar-refractivity contribution in [2.45, 2.75) is 19.0 Å². The van der Waals surface area contributed by atoms with Crippen molar-refractivity contribution in [3.8, 4) is 17.2 Å². The Bertz CT molecular complexity index is 1090. The zero-order valence-electron chi connectivity index (χ0n) is 16.0. The fraction of sp³-hybridized carbons (Fsp3) is 0.136. The van der Waals surface area contributed by atoms with Crippen LogP contribution in [0.3, 0.4) is 0 Å². The number of allylic oxidation sites excluding steroid dienone is 3. The zero-order valence-corrected chi connectivity index (χ0v) is 16.0. The first-order valence-corrected chi connectivity index (χ1v) is 8.98. The molecule has 0 heterocycles. The van der Waals surface area contributed by atoms with Crippen molar-refractivity contribution in [1.82, 2.24) is 0 Å². The van der Waals surface area contributed by atoms with Gasteiger partial charge in [-0.1, -0.05) is 18.2 Å². The number of carboxylic acid groups (broad SMARTS) is 1. The molecule has 3 rings (SSSR count). The van der Waals surface area contributed by atoms with Gasteiger partial charge in [0.05, 0.1) is 11.1 Å². The van der Waals surface area contributed by atoms with Gasteiger partial charge in [-0.2, -0.15) is 13.2 Å². The van der Waals surface area contributed by atoms with E-state index in [2.05, 4.69) is 4.74 Å². The van der Waals surface area contributed by atoms with E-state index in [0.29, 0.717) is 5.57 Å². The van der Waals surface area contributed by atoms with E-state index in [-0.39, 0.29) is 29.1 Å². The van der Waals surface area contributed by atoms with Crippen LogP contribution in [0.2, 0.25) is 0 Å². The van der Waals surface area contributed by atoms with Gasteiger partial charge in [-0.05, 0) is 60.5 Å². The summed E-state index contributed by atoms with van der Waals surface area (Å²) in [5, 5.41) is 8.97. The number of carboxylic acids is 1. The molecule has 1 aliphatic carbocycles. The molecular weight excluding hydrogens is 442 g/mol. The lowest BCUT2D eigenvalue weighted by atomic mass is 9.99. The highest BCUT2D eigenvalue weighted by atomic mass is 19.4. The first-order chi connectivity index (χ1) is 14.9. The number of benzene rings is 2. The van der Waals surface area contributed by atoms with Gasteiger partial charge in [0.25, 0.3) is 0 Å². The molecule has 0 saturated heterocycles. The molecule has 0 unspecified atom stereocenters. The highest BCUT2D eigenvalue weighted by Gasteiger charge is 2.32. The SMILES string of the molecule is O=C(O)C1=CCC(=Cc2ccc(C(F)(F)F)cc2Oc2ccc(OC(F)(F)F)cc2)C=C1. The van der Waals surface area contributed by atoms with Crippen molar-refractivity contribution in [1.29, 1.82) is 0 Å². The summed E-state index contributed by atoms with van der Waals surface area (Å²) in [6.07, 6.45) is -3.42. The molecule has 1 N–H and O–H groups in total. The van der Waals surface area contributed by atoms with E-state index in [1.165, 1.54) is 30.4 Å². The molecule has 1 aliphatic rings. The van der Waals surface area contributed by atoms with E-state index in [1.54, 1.807) is 0 Å². The molecule has 0 radical (unpaired) electrons. The molecule has 0 aromatic heterocycles. The fourth-order valence-electron chi connectivity index (χ4n) is 2.78. The van der Waals surface area contributed by atoms with Gasteiger partial charge in [-0.3, -0.25) is 0 Å². The second-order valence-corrected chi connectivity index (χ2v) is 6.59. The topological polar surface area (TPSA) is 55.8 Å². The summed E-state index contributed by atoms with van der Waals surface area (Å²) in [4.78, 5) is 11.0. The van der Waals surface area contributed by atoms with Crippen molar-refractivity contribution in [2.24, 2.45) is 0 Å². The van der Waals surface area contributed by atoms with Gasteiger partial charge in [0.1, 0.15) is 17.2 Å². The molecule has 168 valence electrons. The standard InChI is InChI=1S/C22H14F6O4/c23-21(24,25)16-6-5-15(11-13-1-3-14(4-2-13)20(29)30)19(12-16)31-17-7-9-18(10-8-17)32-22(26,27)28/h1,3-12H,2H2,(H,29,30). The van der Waals surface area contributed by atoms with E-state index in [1.807, 2.05) is 0 Å². The normalized spacial score (nSPS) is 15.4. The van der Waals surface area contributed by atoms with Crippen LogP contribution in [0, 0.1) is 0 Å². The Morgan fingerprint density at radius 3 is 2.12 bits per heavy atom. The van der Waals surface area contributed by atoms with Crippen molar-refractivity contribution in [3.63, 3.8) is 0 Å². The minimum atomic E-state index is -4.88. The Balaban J connectivity index is 1.90. The van der Waals surface area contributed by atoms with Crippen LogP contribution in [-0.4, -0.2) is 17.4 Å². The van der Waals surface area contributed by atoms with E-state index < -0.39 is 29.8 Å². The molecule has 2 aromatic rings. The lowest BCUT2D eigenvalue weighted by Crippen LogP contribution is -2.16. The highest BCUT2D eigenvalue weighted by Crippen LogP contribution is 2.37. The quantitative estimate of drug-likeness (QED) is 0.506. The molecule has 0 fully saturated rings. The predicted molar refractivity (Wildman–Crippen MR) is 102 cm³/mol. The summed E-state index contributed by atoms with van der Waals surface area (Å²) in [7, 11) is 0. The van der Waals surface area contributed by atoms with E-state index >= 15 is 0 Å². The van der Waals surface area contributed by atoms with E-state index in [0.717, 1.165) is 36.4 Å². The van der Waals surface area contributed by atoms with Crippen molar-refractivity contribution in [3.05, 3.63) is 83.0 Å². The molecule has 10 heteroatoms. The molecule has 4 nitrogen and oxygen atoms in total. The van der Waals surface area contributed by atoms with Gasteiger partial charge in [0.2, 0.25) is 0 Å². The van der Waals surface area contributed by atoms with E-state index in [9.17, 15) is 31.1 Å². The van der Waals surface area contributed by atoms with Crippen LogP contribution in [0.15, 0.2) is 71.8 Å². The third-order valence-electron chi connectivity index (χ3n) is 4.25. The number of halogens is 6. The van der Waals surface area contributed by atoms with Gasteiger partial charge in [0, 0.05) is 5.56 Å². The van der Waals surface area contributed by atoms with E-state index in [4.69, 9.17) is 9.84 Å². The maximum Gasteiger partial charge on any atom is 0.573 e. The molecule has 32 heavy (non-hydrogen) atoms. The fourth-order valence-corrected chi connectivity index (χ4v) is 2.78. The van der Waals surface area contributed by atoms with Crippen LogP contribution in [0.4, 0.5) is 26.3 Å². The molecule has 2 aromatic carbocycles. The minimum absolute atomic E-state index is 0.00857. The molecule has 0 saturated carbocycles. The largest absolute Gasteiger partial charge is 0.573 e. The average Bonchev–Trinajstić information content (AvgIpc) is 2.69. The number of hydrogen-bond acceptors (Lipinski definition) is 3. The van der Waals surface area contributed by atoms with Crippen molar-refractivity contribution in [2.75, 3.05) is 0 Å². The second kappa shape index (κ2) is 8.81. The lowest BCUT2D eigenvalue weighted by Gasteiger charge is -2.15. The van der Waals surface area contributed by atoms with Crippen molar-refractivity contribution < 1.29 is 45.7 Å². The van der Waals surface area contributed by atoms with Crippen LogP contribution in [0.5, 0.6) is 17.2 Å². The predicted octanol–water partition coefficient (Wildman–Crippen LogP) is 6.75. The second-order valence-electron chi connectivity index (χ2n) is 6.59. The summed E-state index contributed by atoms with van der Waals surface area (Å²) in [5.74, 6) is -1.80. The molecule has 0 bridgehead atoms. The number of alkyl halides is 6. The summed E-state index contributed by atoms with van der Waals surface area (Å²) < 4.78 is 85.6. The first-order valence-electron chi connectivity index (χ1n) is 8.98. The van der Waals surface area contributed by atoms with Crippen LogP contribution >= 0.6 is 0 Å². The van der Waals surface area contributed by atoms with Gasteiger partial charge in [-0.15, -0.1) is 13.2 Å². The third-order valence-corrected chi connectivity index (χ3v) is 4.25. The Hall–Kier alpha value is -3.69. The molecule has 0 amide bonds. The Morgan fingerprint density at radius 1 is 0.938 bits per heavy atom. The van der Waals surface area contributed by atoms with Crippen LogP contribution in [0.25, 0.3) is 6.08 Å². The first kappa shape index (κ1) is 23.0. The monoisotopic (exact) mass is 456 g/mol. The van der Waals surface area contributed by atoms with Gasteiger partial charge < -0.3 is 14.6 Å². The average molecular weight is 456 g/mol. The number of carbonyl (C=O) groups is 1. The maximum atomic E-state index is 13.2. The van der Waals surface area contributed by atoms with Crippen LogP contribution in [0.1, 0.15) is 17.5 Å². The number of aliphatic carboxylic acids is 1. The van der Waals surface area contributed by atoms with Crippen molar-refractivity contribution >= 4 is 12.0 Å². The Kier molecular flexibility index (Phi) is 6.33. The highest BCUT2D eigenvalue weighted by molar-refractivity contribution is 5.90. The zero-order chi connectivity index (χ0) is 23.5. The number of ether oxygens (including phenoxy) is 2. The molecular formula is C22H14F6O4. The summed E-state index contributed by atoms with van der Waals surface area (Å²) in [6, 6.07) is 7.02. The molecule has 0 spiro atoms. The third kappa shape index (κ3) is 6.16. The van der Waals surface area contributed by atoms with Crippen LogP contribution < -0.4 is 9.47 Å². The Morgan fingerprint density at radius 2 is 1.59 bits per heavy atom. The smallest absolute Gasteiger partial charge is 0.478 e. The number of rotatable bonds is 5. The van der Waals surface area contributed by atoms with Gasteiger partial charge in [0.15, 0.2) is 0 Å².